The van der Waals surface area contributed by atoms with Crippen molar-refractivity contribution in [2.75, 3.05) is 0 Å². The normalized spacial score (nSPS) is 12.3. The molecule has 1 nitrogen and oxygen atoms in total. The maximum Gasteiger partial charge on any atom is 0.227 e. The fraction of sp³-hybridized carbons (Fsp3) is 0.107. The highest BCUT2D eigenvalue weighted by Crippen LogP contribution is 2.61. The van der Waals surface area contributed by atoms with Crippen LogP contribution in [0.25, 0.3) is 0 Å². The van der Waals surface area contributed by atoms with Crippen LogP contribution >= 0.6 is 19.9 Å². The molecule has 0 aromatic heterocycles. The highest BCUT2D eigenvalue weighted by Gasteiger charge is 2.54. The Morgan fingerprint density at radius 2 is 0.968 bits per heavy atom. The Morgan fingerprint density at radius 3 is 1.32 bits per heavy atom. The third-order valence-electron chi connectivity index (χ3n) is 5.79. The number of aryl methyl sites for hydroxylation is 1. The van der Waals surface area contributed by atoms with Crippen LogP contribution in [-0.2, 0) is 11.2 Å². The minimum absolute atomic E-state index is 0.0409. The predicted octanol–water partition coefficient (Wildman–Crippen LogP) is 5.44. The van der Waals surface area contributed by atoms with Crippen molar-refractivity contribution >= 4 is 40.9 Å². The maximum absolute atomic E-state index is 13.2. The SMILES string of the molecule is O=C(S)C(CCc1ccccc1)[P+](c1ccccc1)(c1ccccc1)c1ccccc1. The Labute approximate surface area is 190 Å². The molecule has 0 fully saturated rings. The van der Waals surface area contributed by atoms with Crippen molar-refractivity contribution in [2.24, 2.45) is 0 Å². The van der Waals surface area contributed by atoms with E-state index < -0.39 is 7.26 Å². The van der Waals surface area contributed by atoms with Gasteiger partial charge in [-0.25, -0.2) is 0 Å². The van der Waals surface area contributed by atoms with Gasteiger partial charge in [0.2, 0.25) is 5.12 Å². The molecule has 0 saturated carbocycles. The Bertz CT molecular complexity index is 1000. The summed E-state index contributed by atoms with van der Waals surface area (Å²) >= 11 is 4.47. The first-order valence-corrected chi connectivity index (χ1v) is 12.9. The van der Waals surface area contributed by atoms with Gasteiger partial charge in [0.05, 0.1) is 0 Å². The first-order valence-electron chi connectivity index (χ1n) is 10.5. The van der Waals surface area contributed by atoms with Gasteiger partial charge in [0.25, 0.3) is 0 Å². The zero-order valence-corrected chi connectivity index (χ0v) is 19.1. The molecule has 154 valence electrons. The molecule has 4 rings (SSSR count). The average molecular weight is 442 g/mol. The third-order valence-corrected chi connectivity index (χ3v) is 11.1. The van der Waals surface area contributed by atoms with Crippen molar-refractivity contribution in [1.82, 2.24) is 0 Å². The van der Waals surface area contributed by atoms with Crippen molar-refractivity contribution in [1.29, 1.82) is 0 Å². The Kier molecular flexibility index (Phi) is 7.02. The summed E-state index contributed by atoms with van der Waals surface area (Å²) in [4.78, 5) is 13.2. The van der Waals surface area contributed by atoms with Gasteiger partial charge in [0.1, 0.15) is 23.2 Å². The first-order chi connectivity index (χ1) is 15.2. The molecule has 0 aliphatic rings. The minimum Gasteiger partial charge on any atom is -0.283 e. The van der Waals surface area contributed by atoms with Gasteiger partial charge < -0.3 is 0 Å². The molecular weight excluding hydrogens is 415 g/mol. The van der Waals surface area contributed by atoms with Crippen molar-refractivity contribution in [3.63, 3.8) is 0 Å². The molecule has 0 bridgehead atoms. The lowest BCUT2D eigenvalue weighted by molar-refractivity contribution is -0.110. The van der Waals surface area contributed by atoms with Gasteiger partial charge in [-0.1, -0.05) is 84.9 Å². The molecule has 0 saturated heterocycles. The lowest BCUT2D eigenvalue weighted by Crippen LogP contribution is -2.41. The molecule has 0 amide bonds. The van der Waals surface area contributed by atoms with E-state index >= 15 is 0 Å². The highest BCUT2D eigenvalue weighted by molar-refractivity contribution is 8.02. The standard InChI is InChI=1S/C28H25OPS/c29-28(31)27(22-21-23-13-5-1-6-14-23)30(24-15-7-2-8-16-24,25-17-9-3-10-18-25)26-19-11-4-12-20-26/h1-20,27H,21-22H2/p+1. The summed E-state index contributed by atoms with van der Waals surface area (Å²) in [5, 5.41) is 3.61. The zero-order chi connectivity index (χ0) is 21.5. The molecule has 31 heavy (non-hydrogen) atoms. The van der Waals surface area contributed by atoms with Crippen LogP contribution in [0.2, 0.25) is 0 Å². The molecule has 0 aliphatic carbocycles. The molecule has 4 aromatic rings. The molecule has 0 heterocycles. The molecule has 0 aliphatic heterocycles. The second-order valence-corrected chi connectivity index (χ2v) is 11.7. The van der Waals surface area contributed by atoms with E-state index in [4.69, 9.17) is 0 Å². The van der Waals surface area contributed by atoms with Crippen molar-refractivity contribution in [3.05, 3.63) is 127 Å². The quantitative estimate of drug-likeness (QED) is 0.285. The molecule has 3 heteroatoms. The molecule has 4 aromatic carbocycles. The Hall–Kier alpha value is -2.67. The van der Waals surface area contributed by atoms with E-state index in [0.717, 1.165) is 12.8 Å². The van der Waals surface area contributed by atoms with Crippen molar-refractivity contribution in [3.8, 4) is 0 Å². The summed E-state index contributed by atoms with van der Waals surface area (Å²) in [5.74, 6) is 0. The average Bonchev–Trinajstić information content (AvgIpc) is 2.84. The lowest BCUT2D eigenvalue weighted by Gasteiger charge is -2.33. The number of benzene rings is 4. The Balaban J connectivity index is 1.94. The molecular formula is C28H26OPS+. The smallest absolute Gasteiger partial charge is 0.227 e. The molecule has 1 unspecified atom stereocenters. The minimum atomic E-state index is -2.28. The van der Waals surface area contributed by atoms with E-state index in [9.17, 15) is 4.79 Å². The lowest BCUT2D eigenvalue weighted by atomic mass is 10.1. The third kappa shape index (κ3) is 4.51. The fourth-order valence-corrected chi connectivity index (χ4v) is 9.81. The summed E-state index contributed by atoms with van der Waals surface area (Å²) in [5.41, 5.74) is 1.03. The van der Waals surface area contributed by atoms with Gasteiger partial charge in [-0.2, -0.15) is 0 Å². The number of thiol groups is 1. The zero-order valence-electron chi connectivity index (χ0n) is 17.3. The first kappa shape index (κ1) is 21.6. The molecule has 0 spiro atoms. The second kappa shape index (κ2) is 10.1. The van der Waals surface area contributed by atoms with Crippen LogP contribution in [0.15, 0.2) is 121 Å². The van der Waals surface area contributed by atoms with Gasteiger partial charge >= 0.3 is 0 Å². The molecule has 1 atom stereocenters. The summed E-state index contributed by atoms with van der Waals surface area (Å²) in [7, 11) is -2.28. The van der Waals surface area contributed by atoms with Crippen molar-refractivity contribution < 1.29 is 4.79 Å². The monoisotopic (exact) mass is 441 g/mol. The number of rotatable bonds is 8. The molecule has 0 radical (unpaired) electrons. The topological polar surface area (TPSA) is 17.1 Å². The van der Waals surface area contributed by atoms with E-state index in [-0.39, 0.29) is 10.8 Å². The van der Waals surface area contributed by atoms with Gasteiger partial charge in [-0.05, 0) is 54.8 Å². The summed E-state index contributed by atoms with van der Waals surface area (Å²) < 4.78 is 0. The van der Waals surface area contributed by atoms with E-state index in [1.165, 1.54) is 21.5 Å². The second-order valence-electron chi connectivity index (χ2n) is 7.61. The van der Waals surface area contributed by atoms with E-state index in [2.05, 4.69) is 110 Å². The van der Waals surface area contributed by atoms with Crippen LogP contribution in [0.4, 0.5) is 0 Å². The number of hydrogen-bond donors (Lipinski definition) is 1. The van der Waals surface area contributed by atoms with E-state index in [0.29, 0.717) is 0 Å². The van der Waals surface area contributed by atoms with Crippen LogP contribution in [0.5, 0.6) is 0 Å². The van der Waals surface area contributed by atoms with Crippen molar-refractivity contribution in [2.45, 2.75) is 18.5 Å². The summed E-state index contributed by atoms with van der Waals surface area (Å²) in [6.07, 6.45) is 1.59. The highest BCUT2D eigenvalue weighted by atomic mass is 32.1. The summed E-state index contributed by atoms with van der Waals surface area (Å²) in [6.45, 7) is 0. The number of carbonyl (C=O) groups is 1. The largest absolute Gasteiger partial charge is 0.283 e. The predicted molar refractivity (Wildman–Crippen MR) is 138 cm³/mol. The summed E-state index contributed by atoms with van der Waals surface area (Å²) in [6, 6.07) is 42.1. The Morgan fingerprint density at radius 1 is 0.613 bits per heavy atom. The van der Waals surface area contributed by atoms with Gasteiger partial charge in [-0.3, -0.25) is 4.79 Å². The fourth-order valence-electron chi connectivity index (χ4n) is 4.41. The van der Waals surface area contributed by atoms with Crippen LogP contribution in [0, 0.1) is 0 Å². The van der Waals surface area contributed by atoms with Gasteiger partial charge in [-0.15, -0.1) is 12.6 Å². The van der Waals surface area contributed by atoms with E-state index in [1.54, 1.807) is 0 Å². The maximum atomic E-state index is 13.2. The molecule has 0 N–H and O–H groups in total. The number of hydrogen-bond acceptors (Lipinski definition) is 1. The van der Waals surface area contributed by atoms with Gasteiger partial charge in [0, 0.05) is 0 Å². The van der Waals surface area contributed by atoms with Crippen LogP contribution in [0.1, 0.15) is 12.0 Å². The van der Waals surface area contributed by atoms with Gasteiger partial charge in [0.15, 0.2) is 5.66 Å². The van der Waals surface area contributed by atoms with E-state index in [1.807, 2.05) is 24.3 Å². The van der Waals surface area contributed by atoms with Crippen LogP contribution in [0.3, 0.4) is 0 Å². The van der Waals surface area contributed by atoms with Crippen LogP contribution in [-0.4, -0.2) is 10.8 Å². The van der Waals surface area contributed by atoms with Crippen LogP contribution < -0.4 is 15.9 Å². The number of carbonyl (C=O) groups excluding carboxylic acids is 1.